The molecule has 0 atom stereocenters. The van der Waals surface area contributed by atoms with Gasteiger partial charge >= 0.3 is 0 Å². The molecule has 0 unspecified atom stereocenters. The number of ether oxygens (including phenoxy) is 4. The van der Waals surface area contributed by atoms with Crippen LogP contribution in [0, 0.1) is 0 Å². The highest BCUT2D eigenvalue weighted by atomic mass is 32.1. The van der Waals surface area contributed by atoms with Gasteiger partial charge in [-0.05, 0) is 33.7 Å². The lowest BCUT2D eigenvalue weighted by Crippen LogP contribution is -2.14. The summed E-state index contributed by atoms with van der Waals surface area (Å²) in [4.78, 5) is 13.1. The number of fused-ring (bicyclic) bond motifs is 5. The molecule has 5 heterocycles. The van der Waals surface area contributed by atoms with E-state index in [0.29, 0.717) is 26.4 Å². The lowest BCUT2D eigenvalue weighted by atomic mass is 9.97. The second-order valence-electron chi connectivity index (χ2n) is 11.8. The summed E-state index contributed by atoms with van der Waals surface area (Å²) in [6.07, 6.45) is 0. The van der Waals surface area contributed by atoms with Gasteiger partial charge in [0.25, 0.3) is 0 Å². The van der Waals surface area contributed by atoms with Crippen LogP contribution in [0.5, 0.6) is 23.0 Å². The largest absolute Gasteiger partial charge is 0.485 e. The molecule has 0 spiro atoms. The average Bonchev–Trinajstić information content (AvgIpc) is 3.78. The number of hydrogen-bond acceptors (Lipinski definition) is 8. The summed E-state index contributed by atoms with van der Waals surface area (Å²) >= 11 is 3.21. The molecule has 5 aromatic carbocycles. The molecule has 0 amide bonds. The topological polar surface area (TPSA) is 62.7 Å². The van der Waals surface area contributed by atoms with Crippen LogP contribution in [0.1, 0.15) is 0 Å². The molecule has 48 heavy (non-hydrogen) atoms. The van der Waals surface area contributed by atoms with Crippen molar-refractivity contribution in [2.24, 2.45) is 0 Å². The molecule has 8 aromatic rings. The number of aromatic nitrogens is 2. The molecule has 8 heteroatoms. The predicted molar refractivity (Wildman–Crippen MR) is 194 cm³/mol. The average molecular weight is 663 g/mol. The van der Waals surface area contributed by atoms with Crippen LogP contribution in [0.2, 0.25) is 0 Å². The van der Waals surface area contributed by atoms with Crippen LogP contribution in [0.4, 0.5) is 0 Å². The molecule has 6 nitrogen and oxygen atoms in total. The molecule has 0 aliphatic carbocycles. The number of hydrogen-bond donors (Lipinski definition) is 0. The van der Waals surface area contributed by atoms with E-state index in [4.69, 9.17) is 28.9 Å². The van der Waals surface area contributed by atoms with Gasteiger partial charge in [0.15, 0.2) is 23.0 Å². The van der Waals surface area contributed by atoms with Crippen LogP contribution in [-0.4, -0.2) is 36.4 Å². The Labute approximate surface area is 283 Å². The van der Waals surface area contributed by atoms with Crippen LogP contribution in [0.15, 0.2) is 108 Å². The minimum absolute atomic E-state index is 0.506. The molecule has 0 bridgehead atoms. The van der Waals surface area contributed by atoms with Crippen molar-refractivity contribution in [1.29, 1.82) is 0 Å². The smallest absolute Gasteiger partial charge is 0.180 e. The number of rotatable bonds is 4. The van der Waals surface area contributed by atoms with Gasteiger partial charge in [-0.1, -0.05) is 84.9 Å². The highest BCUT2D eigenvalue weighted by molar-refractivity contribution is 7.15. The fraction of sp³-hybridized carbons (Fsp3) is 0.100. The first-order chi connectivity index (χ1) is 23.8. The van der Waals surface area contributed by atoms with E-state index >= 15 is 0 Å². The second kappa shape index (κ2) is 11.1. The maximum Gasteiger partial charge on any atom is 0.180 e. The maximum absolute atomic E-state index is 6.17. The van der Waals surface area contributed by atoms with E-state index in [1.807, 2.05) is 10.8 Å². The SMILES string of the molecule is c1ccc2cc(-c3nc4c(-c5scc6c5OCCO6)ccc(-c5scc6c5OCCO6)c4nc3-c3ccc4ccccc4c3)ccc2c1. The Hall–Kier alpha value is -5.44. The van der Waals surface area contributed by atoms with Gasteiger partial charge in [-0.2, -0.15) is 0 Å². The third-order valence-corrected chi connectivity index (χ3v) is 10.9. The minimum atomic E-state index is 0.506. The Bertz CT molecular complexity index is 2380. The van der Waals surface area contributed by atoms with Crippen molar-refractivity contribution in [3.8, 4) is 66.4 Å². The third-order valence-electron chi connectivity index (χ3n) is 8.96. The van der Waals surface area contributed by atoms with Gasteiger partial charge in [-0.3, -0.25) is 0 Å². The molecular weight excluding hydrogens is 637 g/mol. The van der Waals surface area contributed by atoms with Crippen molar-refractivity contribution in [2.75, 3.05) is 26.4 Å². The van der Waals surface area contributed by atoms with E-state index in [1.165, 1.54) is 10.8 Å². The Morgan fingerprint density at radius 1 is 0.458 bits per heavy atom. The summed E-state index contributed by atoms with van der Waals surface area (Å²) in [5, 5.41) is 8.69. The fourth-order valence-corrected chi connectivity index (χ4v) is 8.59. The van der Waals surface area contributed by atoms with Gasteiger partial charge < -0.3 is 18.9 Å². The standard InChI is InChI=1S/C40H26N2O4S2/c1-3-7-25-19-27(11-9-23(25)5-1)33-34(28-12-10-24-6-2-4-8-26(24)20-28)42-36-30(40-38-32(22-48-40)44-16-18-46-38)14-13-29(35(36)41-33)39-37-31(21-47-39)43-15-17-45-37/h1-14,19-22H,15-18H2. The van der Waals surface area contributed by atoms with Crippen molar-refractivity contribution in [3.05, 3.63) is 108 Å². The lowest BCUT2D eigenvalue weighted by molar-refractivity contribution is 0.174. The molecule has 232 valence electrons. The van der Waals surface area contributed by atoms with E-state index in [0.717, 1.165) is 88.2 Å². The van der Waals surface area contributed by atoms with E-state index in [2.05, 4.69) is 97.1 Å². The zero-order chi connectivity index (χ0) is 31.6. The van der Waals surface area contributed by atoms with Crippen LogP contribution < -0.4 is 18.9 Å². The highest BCUT2D eigenvalue weighted by Crippen LogP contribution is 2.51. The molecule has 0 fully saturated rings. The molecule has 2 aliphatic heterocycles. The first kappa shape index (κ1) is 27.7. The third kappa shape index (κ3) is 4.44. The van der Waals surface area contributed by atoms with Crippen LogP contribution in [0.3, 0.4) is 0 Å². The lowest BCUT2D eigenvalue weighted by Gasteiger charge is -2.19. The zero-order valence-electron chi connectivity index (χ0n) is 25.6. The summed E-state index contributed by atoms with van der Waals surface area (Å²) in [5.74, 6) is 3.06. The number of benzene rings is 5. The van der Waals surface area contributed by atoms with Crippen LogP contribution >= 0.6 is 22.7 Å². The first-order valence-electron chi connectivity index (χ1n) is 15.9. The number of nitrogens with zero attached hydrogens (tertiary/aromatic N) is 2. The Morgan fingerprint density at radius 3 is 1.38 bits per heavy atom. The summed E-state index contributed by atoms with van der Waals surface area (Å²) in [6, 6.07) is 34.1. The molecule has 0 saturated carbocycles. The fourth-order valence-electron chi connectivity index (χ4n) is 6.68. The van der Waals surface area contributed by atoms with Gasteiger partial charge in [0.1, 0.15) is 26.4 Å². The molecular formula is C40H26N2O4S2. The molecule has 0 N–H and O–H groups in total. The molecule has 0 radical (unpaired) electrons. The van der Waals surface area contributed by atoms with Crippen LogP contribution in [-0.2, 0) is 0 Å². The van der Waals surface area contributed by atoms with Crippen LogP contribution in [0.25, 0.3) is 76.0 Å². The molecule has 2 aliphatic rings. The van der Waals surface area contributed by atoms with Crippen molar-refractivity contribution < 1.29 is 18.9 Å². The van der Waals surface area contributed by atoms with Gasteiger partial charge in [0.05, 0.1) is 32.2 Å². The summed E-state index contributed by atoms with van der Waals surface area (Å²) in [5.41, 5.74) is 7.12. The second-order valence-corrected chi connectivity index (χ2v) is 13.6. The van der Waals surface area contributed by atoms with Gasteiger partial charge in [-0.15, -0.1) is 22.7 Å². The van der Waals surface area contributed by atoms with Crippen molar-refractivity contribution in [1.82, 2.24) is 9.97 Å². The Morgan fingerprint density at radius 2 is 0.896 bits per heavy atom. The summed E-state index contributed by atoms with van der Waals surface area (Å²) in [7, 11) is 0. The summed E-state index contributed by atoms with van der Waals surface area (Å²) in [6.45, 7) is 2.09. The van der Waals surface area contributed by atoms with E-state index < -0.39 is 0 Å². The van der Waals surface area contributed by atoms with Crippen molar-refractivity contribution in [2.45, 2.75) is 0 Å². The first-order valence-corrected chi connectivity index (χ1v) is 17.6. The molecule has 0 saturated heterocycles. The van der Waals surface area contributed by atoms with Gasteiger partial charge in [0.2, 0.25) is 0 Å². The van der Waals surface area contributed by atoms with E-state index in [1.54, 1.807) is 22.7 Å². The summed E-state index contributed by atoms with van der Waals surface area (Å²) < 4.78 is 24.2. The molecule has 3 aromatic heterocycles. The van der Waals surface area contributed by atoms with E-state index in [-0.39, 0.29) is 0 Å². The quantitative estimate of drug-likeness (QED) is 0.187. The Balaban J connectivity index is 1.30. The van der Waals surface area contributed by atoms with Crippen molar-refractivity contribution in [3.63, 3.8) is 0 Å². The molecule has 10 rings (SSSR count). The highest BCUT2D eigenvalue weighted by Gasteiger charge is 2.27. The number of thiophene rings is 2. The zero-order valence-corrected chi connectivity index (χ0v) is 27.2. The Kier molecular flexibility index (Phi) is 6.38. The minimum Gasteiger partial charge on any atom is -0.485 e. The normalized spacial score (nSPS) is 13.8. The van der Waals surface area contributed by atoms with Gasteiger partial charge in [-0.25, -0.2) is 9.97 Å². The monoisotopic (exact) mass is 662 g/mol. The van der Waals surface area contributed by atoms with E-state index in [9.17, 15) is 0 Å². The van der Waals surface area contributed by atoms with Crippen molar-refractivity contribution >= 4 is 55.3 Å². The maximum atomic E-state index is 6.17. The predicted octanol–water partition coefficient (Wildman–Crippen LogP) is 10.3. The van der Waals surface area contributed by atoms with Gasteiger partial charge in [0, 0.05) is 33.0 Å².